The maximum Gasteiger partial charge on any atom is 0.311 e. The molecule has 4 rings (SSSR count). The second-order valence-corrected chi connectivity index (χ2v) is 9.08. The molecule has 0 saturated carbocycles. The van der Waals surface area contributed by atoms with Gasteiger partial charge in [-0.2, -0.15) is 0 Å². The lowest BCUT2D eigenvalue weighted by molar-refractivity contribution is -0.385. The monoisotopic (exact) mass is 529 g/mol. The lowest BCUT2D eigenvalue weighted by atomic mass is 9.95. The average Bonchev–Trinajstić information content (AvgIpc) is 3.41. The fourth-order valence-electron chi connectivity index (χ4n) is 4.17. The Morgan fingerprint density at radius 1 is 0.923 bits per heavy atom. The van der Waals surface area contributed by atoms with E-state index in [9.17, 15) is 24.8 Å². The molecule has 10 nitrogen and oxygen atoms in total. The van der Waals surface area contributed by atoms with E-state index in [1.165, 1.54) is 34.6 Å². The van der Waals surface area contributed by atoms with Gasteiger partial charge in [0, 0.05) is 17.2 Å². The normalized spacial score (nSPS) is 10.7. The number of phenols is 1. The number of carbonyl (C=O) groups excluding carboxylic acids is 2. The Balaban J connectivity index is 1.42. The van der Waals surface area contributed by atoms with Gasteiger partial charge in [0.05, 0.1) is 11.2 Å². The summed E-state index contributed by atoms with van der Waals surface area (Å²) < 4.78 is 11.4. The van der Waals surface area contributed by atoms with Crippen molar-refractivity contribution in [3.05, 3.63) is 110 Å². The van der Waals surface area contributed by atoms with Gasteiger partial charge in [0.2, 0.25) is 5.76 Å². The van der Waals surface area contributed by atoms with Crippen molar-refractivity contribution in [1.82, 2.24) is 10.9 Å². The minimum Gasteiger partial charge on any atom is -0.502 e. The van der Waals surface area contributed by atoms with E-state index in [1.807, 2.05) is 0 Å². The summed E-state index contributed by atoms with van der Waals surface area (Å²) in [4.78, 5) is 35.3. The minimum absolute atomic E-state index is 0.0397. The zero-order valence-corrected chi connectivity index (χ0v) is 21.8. The summed E-state index contributed by atoms with van der Waals surface area (Å²) in [5, 5.41) is 20.5. The van der Waals surface area contributed by atoms with Gasteiger partial charge >= 0.3 is 11.6 Å². The number of aromatic hydroxyl groups is 1. The van der Waals surface area contributed by atoms with Gasteiger partial charge in [0.15, 0.2) is 5.75 Å². The number of rotatable bonds is 7. The number of nitro groups is 1. The molecule has 0 saturated heterocycles. The van der Waals surface area contributed by atoms with Crippen LogP contribution in [-0.2, 0) is 6.61 Å². The van der Waals surface area contributed by atoms with E-state index in [0.717, 1.165) is 17.7 Å². The zero-order valence-electron chi connectivity index (χ0n) is 21.8. The van der Waals surface area contributed by atoms with Gasteiger partial charge < -0.3 is 14.3 Å². The maximum atomic E-state index is 12.7. The van der Waals surface area contributed by atoms with E-state index in [4.69, 9.17) is 9.15 Å². The number of aryl methyl sites for hydroxylation is 2. The van der Waals surface area contributed by atoms with E-state index < -0.39 is 28.2 Å². The van der Waals surface area contributed by atoms with Crippen molar-refractivity contribution in [2.24, 2.45) is 0 Å². The lowest BCUT2D eigenvalue weighted by Gasteiger charge is -2.16. The van der Waals surface area contributed by atoms with Crippen LogP contribution in [0.25, 0.3) is 11.1 Å². The van der Waals surface area contributed by atoms with Gasteiger partial charge in [-0.1, -0.05) is 18.2 Å². The molecule has 0 aliphatic heterocycles. The number of hydrogen-bond donors (Lipinski definition) is 3. The van der Waals surface area contributed by atoms with Crippen molar-refractivity contribution >= 4 is 17.5 Å². The Morgan fingerprint density at radius 3 is 2.21 bits per heavy atom. The fourth-order valence-corrected chi connectivity index (χ4v) is 4.17. The van der Waals surface area contributed by atoms with Gasteiger partial charge in [-0.05, 0) is 91.4 Å². The smallest absolute Gasteiger partial charge is 0.311 e. The van der Waals surface area contributed by atoms with Crippen LogP contribution in [-0.4, -0.2) is 21.8 Å². The van der Waals surface area contributed by atoms with Crippen LogP contribution >= 0.6 is 0 Å². The molecule has 10 heteroatoms. The number of hydrogen-bond acceptors (Lipinski definition) is 7. The molecule has 39 heavy (non-hydrogen) atoms. The Kier molecular flexibility index (Phi) is 7.66. The first kappa shape index (κ1) is 26.9. The zero-order chi connectivity index (χ0) is 28.3. The maximum absolute atomic E-state index is 12.7. The molecule has 0 aliphatic carbocycles. The van der Waals surface area contributed by atoms with E-state index in [-0.39, 0.29) is 11.3 Å². The standard InChI is InChI=1S/C29H27N3O7/c1-16-13-17(2)19(4)24(18(16)3)15-39-22-8-5-20(6-9-22)23-11-12-38-27(23)29(35)31-30-28(34)21-7-10-26(33)25(14-21)32(36)37/h5-14,33H,15H2,1-4H3,(H,30,34)(H,31,35). The molecule has 0 atom stereocenters. The van der Waals surface area contributed by atoms with Crippen molar-refractivity contribution in [3.8, 4) is 22.6 Å². The SMILES string of the molecule is Cc1cc(C)c(C)c(COc2ccc(-c3ccoc3C(=O)NNC(=O)c3ccc(O)c([N+](=O)[O-])c3)cc2)c1C. The highest BCUT2D eigenvalue weighted by Crippen LogP contribution is 2.29. The Hall–Kier alpha value is -5.12. The molecule has 0 radical (unpaired) electrons. The van der Waals surface area contributed by atoms with E-state index in [1.54, 1.807) is 30.3 Å². The number of benzene rings is 3. The second-order valence-electron chi connectivity index (χ2n) is 9.08. The summed E-state index contributed by atoms with van der Waals surface area (Å²) in [5.41, 5.74) is 10.9. The van der Waals surface area contributed by atoms with Crippen LogP contribution in [0.15, 0.2) is 65.3 Å². The molecule has 0 aliphatic rings. The second kappa shape index (κ2) is 11.1. The molecule has 3 N–H and O–H groups in total. The molecule has 4 aromatic rings. The van der Waals surface area contributed by atoms with Crippen LogP contribution in [0.3, 0.4) is 0 Å². The molecule has 200 valence electrons. The van der Waals surface area contributed by atoms with Crippen molar-refractivity contribution in [3.63, 3.8) is 0 Å². The topological polar surface area (TPSA) is 144 Å². The summed E-state index contributed by atoms with van der Waals surface area (Å²) in [6.07, 6.45) is 1.35. The quantitative estimate of drug-likeness (QED) is 0.213. The minimum atomic E-state index is -0.818. The van der Waals surface area contributed by atoms with Gasteiger partial charge in [-0.25, -0.2) is 0 Å². The van der Waals surface area contributed by atoms with Crippen LogP contribution < -0.4 is 15.6 Å². The van der Waals surface area contributed by atoms with Gasteiger partial charge in [-0.15, -0.1) is 0 Å². The number of phenolic OH excluding ortho intramolecular Hbond substituents is 1. The number of carbonyl (C=O) groups is 2. The molecule has 0 unspecified atom stereocenters. The first-order chi connectivity index (χ1) is 18.6. The van der Waals surface area contributed by atoms with Crippen molar-refractivity contribution < 1.29 is 28.8 Å². The highest BCUT2D eigenvalue weighted by Gasteiger charge is 2.20. The Morgan fingerprint density at radius 2 is 1.56 bits per heavy atom. The largest absolute Gasteiger partial charge is 0.502 e. The van der Waals surface area contributed by atoms with Gasteiger partial charge in [-0.3, -0.25) is 30.6 Å². The van der Waals surface area contributed by atoms with E-state index >= 15 is 0 Å². The Labute approximate surface area is 224 Å². The predicted octanol–water partition coefficient (Wildman–Crippen LogP) is 5.45. The van der Waals surface area contributed by atoms with E-state index in [0.29, 0.717) is 23.5 Å². The van der Waals surface area contributed by atoms with Crippen LogP contribution in [0.2, 0.25) is 0 Å². The predicted molar refractivity (Wildman–Crippen MR) is 144 cm³/mol. The summed E-state index contributed by atoms with van der Waals surface area (Å²) >= 11 is 0. The molecular weight excluding hydrogens is 502 g/mol. The number of nitro benzene ring substituents is 1. The number of nitrogens with one attached hydrogen (secondary N) is 2. The van der Waals surface area contributed by atoms with Crippen LogP contribution in [0, 0.1) is 37.8 Å². The van der Waals surface area contributed by atoms with Crippen molar-refractivity contribution in [2.45, 2.75) is 34.3 Å². The third-order valence-electron chi connectivity index (χ3n) is 6.67. The van der Waals surface area contributed by atoms with Crippen molar-refractivity contribution in [1.29, 1.82) is 0 Å². The molecular formula is C29H27N3O7. The van der Waals surface area contributed by atoms with Gasteiger partial charge in [0.1, 0.15) is 12.4 Å². The number of ether oxygens (including phenoxy) is 1. The summed E-state index contributed by atoms with van der Waals surface area (Å²) in [7, 11) is 0. The van der Waals surface area contributed by atoms with Crippen LogP contribution in [0.4, 0.5) is 5.69 Å². The summed E-state index contributed by atoms with van der Waals surface area (Å²) in [6.45, 7) is 8.79. The molecule has 0 fully saturated rings. The number of nitrogens with zero attached hydrogens (tertiary/aromatic N) is 1. The molecule has 1 aromatic heterocycles. The summed E-state index contributed by atoms with van der Waals surface area (Å²) in [6, 6.07) is 14.1. The molecule has 3 aromatic carbocycles. The number of hydrazine groups is 1. The highest BCUT2D eigenvalue weighted by molar-refractivity contribution is 6.01. The first-order valence-electron chi connectivity index (χ1n) is 12.0. The molecule has 1 heterocycles. The van der Waals surface area contributed by atoms with Gasteiger partial charge in [0.25, 0.3) is 5.91 Å². The fraction of sp³-hybridized carbons (Fsp3) is 0.172. The third-order valence-corrected chi connectivity index (χ3v) is 6.67. The Bertz CT molecular complexity index is 1550. The highest BCUT2D eigenvalue weighted by atomic mass is 16.6. The lowest BCUT2D eigenvalue weighted by Crippen LogP contribution is -2.41. The van der Waals surface area contributed by atoms with E-state index in [2.05, 4.69) is 44.6 Å². The van der Waals surface area contributed by atoms with Crippen LogP contribution in [0.1, 0.15) is 48.7 Å². The average molecular weight is 530 g/mol. The molecule has 0 spiro atoms. The first-order valence-corrected chi connectivity index (χ1v) is 12.0. The number of amides is 2. The molecule has 0 bridgehead atoms. The van der Waals surface area contributed by atoms with Crippen molar-refractivity contribution in [2.75, 3.05) is 0 Å². The summed E-state index contributed by atoms with van der Waals surface area (Å²) in [5.74, 6) is -1.48. The van der Waals surface area contributed by atoms with Crippen LogP contribution in [0.5, 0.6) is 11.5 Å². The third kappa shape index (κ3) is 5.74. The molecule has 2 amide bonds. The number of furan rings is 1.